The van der Waals surface area contributed by atoms with Crippen molar-refractivity contribution in [3.05, 3.63) is 53.0 Å². The Kier molecular flexibility index (Phi) is 3.20. The van der Waals surface area contributed by atoms with Crippen molar-refractivity contribution in [1.29, 1.82) is 0 Å². The SMILES string of the molecule is COc1ccc(C2=NN(C)C(=O)c3cc4sccc4n3C2)cc1. The molecule has 3 aromatic rings. The van der Waals surface area contributed by atoms with E-state index < -0.39 is 0 Å². The van der Waals surface area contributed by atoms with Crippen molar-refractivity contribution in [1.82, 2.24) is 9.58 Å². The molecule has 1 aliphatic rings. The Morgan fingerprint density at radius 3 is 2.74 bits per heavy atom. The quantitative estimate of drug-likeness (QED) is 0.726. The number of carbonyl (C=O) groups excluding carboxylic acids is 1. The molecule has 1 aliphatic heterocycles. The van der Waals surface area contributed by atoms with Gasteiger partial charge in [0.2, 0.25) is 0 Å². The summed E-state index contributed by atoms with van der Waals surface area (Å²) in [4.78, 5) is 12.6. The van der Waals surface area contributed by atoms with Crippen LogP contribution < -0.4 is 4.74 Å². The zero-order chi connectivity index (χ0) is 16.0. The van der Waals surface area contributed by atoms with Crippen molar-refractivity contribution < 1.29 is 9.53 Å². The Morgan fingerprint density at radius 2 is 2.00 bits per heavy atom. The molecule has 6 heteroatoms. The maximum absolute atomic E-state index is 12.6. The number of hydrogen-bond donors (Lipinski definition) is 0. The van der Waals surface area contributed by atoms with Crippen LogP contribution in [-0.4, -0.2) is 35.4 Å². The van der Waals surface area contributed by atoms with E-state index in [2.05, 4.69) is 5.10 Å². The van der Waals surface area contributed by atoms with Gasteiger partial charge in [0, 0.05) is 7.05 Å². The standard InChI is InChI=1S/C17H15N3O2S/c1-19-17(21)15-9-16-14(7-8-23-16)20(15)10-13(18-19)11-3-5-12(22-2)6-4-11/h3-9H,10H2,1-2H3. The molecule has 1 amide bonds. The predicted octanol–water partition coefficient (Wildman–Crippen LogP) is 3.20. The molecule has 0 fully saturated rings. The number of rotatable bonds is 2. The molecule has 5 nitrogen and oxygen atoms in total. The Labute approximate surface area is 137 Å². The molecule has 116 valence electrons. The summed E-state index contributed by atoms with van der Waals surface area (Å²) in [7, 11) is 3.34. The van der Waals surface area contributed by atoms with Gasteiger partial charge >= 0.3 is 0 Å². The van der Waals surface area contributed by atoms with E-state index in [9.17, 15) is 4.79 Å². The summed E-state index contributed by atoms with van der Waals surface area (Å²) in [6.45, 7) is 0.567. The lowest BCUT2D eigenvalue weighted by Crippen LogP contribution is -2.21. The summed E-state index contributed by atoms with van der Waals surface area (Å²) >= 11 is 1.64. The average molecular weight is 325 g/mol. The second kappa shape index (κ2) is 5.24. The number of benzene rings is 1. The van der Waals surface area contributed by atoms with Gasteiger partial charge in [0.05, 0.1) is 29.6 Å². The average Bonchev–Trinajstić information content (AvgIpc) is 3.13. The summed E-state index contributed by atoms with van der Waals surface area (Å²) in [6.07, 6.45) is 0. The predicted molar refractivity (Wildman–Crippen MR) is 91.4 cm³/mol. The fourth-order valence-electron chi connectivity index (χ4n) is 2.83. The van der Waals surface area contributed by atoms with Crippen LogP contribution in [-0.2, 0) is 6.54 Å². The van der Waals surface area contributed by atoms with Gasteiger partial charge in [0.25, 0.3) is 5.91 Å². The Bertz CT molecular complexity index is 921. The van der Waals surface area contributed by atoms with Gasteiger partial charge in [0.15, 0.2) is 0 Å². The molecule has 2 aromatic heterocycles. The van der Waals surface area contributed by atoms with E-state index in [1.54, 1.807) is 25.5 Å². The Morgan fingerprint density at radius 1 is 1.22 bits per heavy atom. The van der Waals surface area contributed by atoms with E-state index in [1.165, 1.54) is 5.01 Å². The highest BCUT2D eigenvalue weighted by atomic mass is 32.1. The van der Waals surface area contributed by atoms with Gasteiger partial charge in [-0.1, -0.05) is 0 Å². The molecule has 23 heavy (non-hydrogen) atoms. The fraction of sp³-hybridized carbons (Fsp3) is 0.176. The van der Waals surface area contributed by atoms with Crippen LogP contribution in [0.1, 0.15) is 16.1 Å². The molecule has 0 unspecified atom stereocenters. The van der Waals surface area contributed by atoms with Crippen LogP contribution in [0.3, 0.4) is 0 Å². The number of methoxy groups -OCH3 is 1. The molecule has 0 spiro atoms. The Balaban J connectivity index is 1.83. The number of amides is 1. The highest BCUT2D eigenvalue weighted by molar-refractivity contribution is 7.17. The number of aromatic nitrogens is 1. The second-order valence-electron chi connectivity index (χ2n) is 5.39. The first-order valence-electron chi connectivity index (χ1n) is 7.24. The monoisotopic (exact) mass is 325 g/mol. The lowest BCUT2D eigenvalue weighted by Gasteiger charge is -2.09. The van der Waals surface area contributed by atoms with E-state index in [1.807, 2.05) is 46.3 Å². The highest BCUT2D eigenvalue weighted by Crippen LogP contribution is 2.28. The van der Waals surface area contributed by atoms with Crippen molar-refractivity contribution in [2.75, 3.05) is 14.2 Å². The molecule has 1 aromatic carbocycles. The number of hydrazone groups is 1. The molecule has 4 rings (SSSR count). The zero-order valence-electron chi connectivity index (χ0n) is 12.8. The number of hydrogen-bond acceptors (Lipinski definition) is 4. The van der Waals surface area contributed by atoms with Crippen molar-refractivity contribution in [3.8, 4) is 5.75 Å². The number of nitrogens with zero attached hydrogens (tertiary/aromatic N) is 3. The number of fused-ring (bicyclic) bond motifs is 3. The first-order valence-corrected chi connectivity index (χ1v) is 8.12. The van der Waals surface area contributed by atoms with Gasteiger partial charge in [-0.2, -0.15) is 5.10 Å². The van der Waals surface area contributed by atoms with Crippen LogP contribution >= 0.6 is 11.3 Å². The third kappa shape index (κ3) is 2.22. The zero-order valence-corrected chi connectivity index (χ0v) is 13.6. The normalized spacial score (nSPS) is 14.6. The topological polar surface area (TPSA) is 46.8 Å². The van der Waals surface area contributed by atoms with Crippen LogP contribution in [0, 0.1) is 0 Å². The number of thiophene rings is 1. The van der Waals surface area contributed by atoms with Crippen molar-refractivity contribution in [2.45, 2.75) is 6.54 Å². The molecule has 0 aliphatic carbocycles. The maximum atomic E-state index is 12.6. The van der Waals surface area contributed by atoms with Gasteiger partial charge in [0.1, 0.15) is 11.4 Å². The van der Waals surface area contributed by atoms with Gasteiger partial charge in [-0.25, -0.2) is 5.01 Å². The maximum Gasteiger partial charge on any atom is 0.290 e. The minimum absolute atomic E-state index is 0.0862. The van der Waals surface area contributed by atoms with Crippen LogP contribution in [0.5, 0.6) is 5.75 Å². The van der Waals surface area contributed by atoms with Gasteiger partial charge in [-0.05, 0) is 47.3 Å². The molecule has 0 radical (unpaired) electrons. The van der Waals surface area contributed by atoms with Crippen molar-refractivity contribution in [3.63, 3.8) is 0 Å². The highest BCUT2D eigenvalue weighted by Gasteiger charge is 2.24. The Hall–Kier alpha value is -2.60. The van der Waals surface area contributed by atoms with E-state index in [-0.39, 0.29) is 5.91 Å². The third-order valence-electron chi connectivity index (χ3n) is 4.04. The van der Waals surface area contributed by atoms with Crippen molar-refractivity contribution in [2.24, 2.45) is 5.10 Å². The van der Waals surface area contributed by atoms with Gasteiger partial charge in [-0.3, -0.25) is 4.79 Å². The first kappa shape index (κ1) is 14.0. The fourth-order valence-corrected chi connectivity index (χ4v) is 3.65. The van der Waals surface area contributed by atoms with E-state index in [4.69, 9.17) is 4.74 Å². The lowest BCUT2D eigenvalue weighted by atomic mass is 10.1. The van der Waals surface area contributed by atoms with Crippen molar-refractivity contribution >= 4 is 33.2 Å². The minimum atomic E-state index is -0.0862. The van der Waals surface area contributed by atoms with Gasteiger partial charge < -0.3 is 9.30 Å². The minimum Gasteiger partial charge on any atom is -0.497 e. The molecular formula is C17H15N3O2S. The summed E-state index contributed by atoms with van der Waals surface area (Å²) in [5.41, 5.74) is 3.60. The molecular weight excluding hydrogens is 310 g/mol. The van der Waals surface area contributed by atoms with E-state index in [0.717, 1.165) is 27.2 Å². The second-order valence-corrected chi connectivity index (χ2v) is 6.34. The van der Waals surface area contributed by atoms with Crippen LogP contribution in [0.2, 0.25) is 0 Å². The molecule has 3 heterocycles. The molecule has 0 atom stereocenters. The lowest BCUT2D eigenvalue weighted by molar-refractivity contribution is 0.0794. The summed E-state index contributed by atoms with van der Waals surface area (Å²) in [6, 6.07) is 11.7. The summed E-state index contributed by atoms with van der Waals surface area (Å²) < 4.78 is 8.37. The summed E-state index contributed by atoms with van der Waals surface area (Å²) in [5.74, 6) is 0.714. The van der Waals surface area contributed by atoms with Crippen LogP contribution in [0.15, 0.2) is 46.9 Å². The van der Waals surface area contributed by atoms with E-state index >= 15 is 0 Å². The number of carbonyl (C=O) groups is 1. The molecule has 0 bridgehead atoms. The summed E-state index contributed by atoms with van der Waals surface area (Å²) in [5, 5.41) is 7.96. The third-order valence-corrected chi connectivity index (χ3v) is 4.89. The van der Waals surface area contributed by atoms with E-state index in [0.29, 0.717) is 12.2 Å². The largest absolute Gasteiger partial charge is 0.497 e. The molecule has 0 N–H and O–H groups in total. The van der Waals surface area contributed by atoms with Crippen LogP contribution in [0.25, 0.3) is 10.2 Å². The van der Waals surface area contributed by atoms with Gasteiger partial charge in [-0.15, -0.1) is 11.3 Å². The smallest absolute Gasteiger partial charge is 0.290 e. The van der Waals surface area contributed by atoms with Crippen LogP contribution in [0.4, 0.5) is 0 Å². The molecule has 0 saturated carbocycles. The number of ether oxygens (including phenoxy) is 1. The molecule has 0 saturated heterocycles. The first-order chi connectivity index (χ1) is 11.2.